The first-order valence-electron chi connectivity index (χ1n) is 7.10. The highest BCUT2D eigenvalue weighted by Gasteiger charge is 2.29. The van der Waals surface area contributed by atoms with E-state index in [0.29, 0.717) is 27.2 Å². The Hall–Kier alpha value is -0.260. The minimum Gasteiger partial charge on any atom is -0.323 e. The number of nitrogens with zero attached hydrogens (tertiary/aromatic N) is 2. The van der Waals surface area contributed by atoms with Gasteiger partial charge in [0.1, 0.15) is 11.6 Å². The monoisotopic (exact) mass is 390 g/mol. The smallest absolute Gasteiger partial charge is 0.139 e. The molecule has 2 aromatic rings. The summed E-state index contributed by atoms with van der Waals surface area (Å²) in [5.41, 5.74) is 1.67. The van der Waals surface area contributed by atoms with Crippen LogP contribution in [0.3, 0.4) is 0 Å². The third-order valence-electron chi connectivity index (χ3n) is 4.23. The van der Waals surface area contributed by atoms with Crippen LogP contribution in [0.2, 0.25) is 0 Å². The van der Waals surface area contributed by atoms with E-state index in [1.165, 1.54) is 25.3 Å². The SMILES string of the molecule is CSC1CCCCC1n1c(CCl)nc2cc(F)c(Br)cc21. The molecule has 2 unspecified atom stereocenters. The molecule has 1 fully saturated rings. The second-order valence-corrected chi connectivity index (χ2v) is 7.61. The van der Waals surface area contributed by atoms with E-state index in [-0.39, 0.29) is 5.82 Å². The largest absolute Gasteiger partial charge is 0.323 e. The molecule has 1 saturated carbocycles. The van der Waals surface area contributed by atoms with Gasteiger partial charge < -0.3 is 4.57 Å². The molecule has 2 atom stereocenters. The molecule has 0 N–H and O–H groups in total. The lowest BCUT2D eigenvalue weighted by Crippen LogP contribution is -2.26. The van der Waals surface area contributed by atoms with E-state index in [9.17, 15) is 4.39 Å². The first-order chi connectivity index (χ1) is 10.2. The molecule has 2 nitrogen and oxygen atoms in total. The Morgan fingerprint density at radius 1 is 1.43 bits per heavy atom. The Morgan fingerprint density at radius 3 is 2.90 bits per heavy atom. The zero-order valence-corrected chi connectivity index (χ0v) is 14.9. The summed E-state index contributed by atoms with van der Waals surface area (Å²) in [6.07, 6.45) is 7.03. The predicted octanol–water partition coefficient (Wildman–Crippen LogP) is 5.52. The zero-order chi connectivity index (χ0) is 15.0. The Morgan fingerprint density at radius 2 is 2.19 bits per heavy atom. The number of halogens is 3. The van der Waals surface area contributed by atoms with Crippen LogP contribution in [0, 0.1) is 5.82 Å². The van der Waals surface area contributed by atoms with Gasteiger partial charge in [0, 0.05) is 17.4 Å². The van der Waals surface area contributed by atoms with E-state index in [1.807, 2.05) is 17.8 Å². The van der Waals surface area contributed by atoms with Gasteiger partial charge in [-0.1, -0.05) is 12.8 Å². The predicted molar refractivity (Wildman–Crippen MR) is 91.8 cm³/mol. The van der Waals surface area contributed by atoms with Gasteiger partial charge in [0.05, 0.1) is 21.4 Å². The van der Waals surface area contributed by atoms with E-state index >= 15 is 0 Å². The van der Waals surface area contributed by atoms with Crippen molar-refractivity contribution >= 4 is 50.3 Å². The fourth-order valence-corrected chi connectivity index (χ4v) is 4.75. The van der Waals surface area contributed by atoms with Crippen molar-refractivity contribution in [2.75, 3.05) is 6.26 Å². The second-order valence-electron chi connectivity index (χ2n) is 5.41. The highest BCUT2D eigenvalue weighted by Crippen LogP contribution is 2.39. The van der Waals surface area contributed by atoms with Crippen molar-refractivity contribution in [2.45, 2.75) is 42.9 Å². The maximum absolute atomic E-state index is 13.7. The molecular weight excluding hydrogens is 375 g/mol. The number of alkyl halides is 1. The van der Waals surface area contributed by atoms with Gasteiger partial charge >= 0.3 is 0 Å². The van der Waals surface area contributed by atoms with Crippen molar-refractivity contribution in [1.29, 1.82) is 0 Å². The van der Waals surface area contributed by atoms with Gasteiger partial charge in [0.2, 0.25) is 0 Å². The molecule has 0 saturated heterocycles. The first kappa shape index (κ1) is 15.6. The van der Waals surface area contributed by atoms with Crippen molar-refractivity contribution in [3.8, 4) is 0 Å². The van der Waals surface area contributed by atoms with Gasteiger partial charge in [-0.25, -0.2) is 9.37 Å². The van der Waals surface area contributed by atoms with Gasteiger partial charge in [-0.15, -0.1) is 11.6 Å². The van der Waals surface area contributed by atoms with Crippen LogP contribution in [0.5, 0.6) is 0 Å². The lowest BCUT2D eigenvalue weighted by atomic mass is 9.94. The Bertz CT molecular complexity index is 661. The van der Waals surface area contributed by atoms with Gasteiger partial charge in [-0.2, -0.15) is 11.8 Å². The Balaban J connectivity index is 2.17. The average Bonchev–Trinajstić information content (AvgIpc) is 2.85. The summed E-state index contributed by atoms with van der Waals surface area (Å²) in [6, 6.07) is 3.72. The van der Waals surface area contributed by atoms with Crippen LogP contribution in [-0.2, 0) is 5.88 Å². The van der Waals surface area contributed by atoms with E-state index in [0.717, 1.165) is 17.8 Å². The molecule has 0 spiro atoms. The van der Waals surface area contributed by atoms with Crippen LogP contribution in [0.4, 0.5) is 4.39 Å². The van der Waals surface area contributed by atoms with Gasteiger partial charge in [0.25, 0.3) is 0 Å². The third-order valence-corrected chi connectivity index (χ3v) is 6.23. The lowest BCUT2D eigenvalue weighted by Gasteiger charge is -2.32. The van der Waals surface area contributed by atoms with Gasteiger partial charge in [-0.05, 0) is 41.1 Å². The fraction of sp³-hybridized carbons (Fsp3) is 0.533. The average molecular weight is 392 g/mol. The molecule has 0 bridgehead atoms. The number of fused-ring (bicyclic) bond motifs is 1. The quantitative estimate of drug-likeness (QED) is 0.641. The number of thioether (sulfide) groups is 1. The molecular formula is C15H17BrClFN2S. The van der Waals surface area contributed by atoms with E-state index in [2.05, 4.69) is 31.7 Å². The molecule has 0 aliphatic heterocycles. The summed E-state index contributed by atoms with van der Waals surface area (Å²) in [5, 5.41) is 0.571. The number of aromatic nitrogens is 2. The lowest BCUT2D eigenvalue weighted by molar-refractivity contribution is 0.366. The molecule has 1 aliphatic carbocycles. The molecule has 3 rings (SSSR count). The van der Waals surface area contributed by atoms with E-state index < -0.39 is 0 Å². The normalized spacial score (nSPS) is 22.9. The van der Waals surface area contributed by atoms with Crippen LogP contribution < -0.4 is 0 Å². The number of hydrogen-bond donors (Lipinski definition) is 0. The van der Waals surface area contributed by atoms with Crippen LogP contribution in [0.25, 0.3) is 11.0 Å². The van der Waals surface area contributed by atoms with E-state index in [1.54, 1.807) is 0 Å². The molecule has 114 valence electrons. The number of benzene rings is 1. The van der Waals surface area contributed by atoms with Crippen molar-refractivity contribution in [2.24, 2.45) is 0 Å². The third kappa shape index (κ3) is 2.84. The fourth-order valence-electron chi connectivity index (χ4n) is 3.25. The van der Waals surface area contributed by atoms with Crippen molar-refractivity contribution < 1.29 is 4.39 Å². The standard InChI is InChI=1S/C15H17BrClFN2S/c1-21-14-5-3-2-4-12(14)20-13-6-9(16)10(18)7-11(13)19-15(20)8-17/h6-7,12,14H,2-5,8H2,1H3. The van der Waals surface area contributed by atoms with Crippen molar-refractivity contribution in [3.63, 3.8) is 0 Å². The minimum atomic E-state index is -0.279. The maximum Gasteiger partial charge on any atom is 0.139 e. The van der Waals surface area contributed by atoms with Gasteiger partial charge in [-0.3, -0.25) is 0 Å². The van der Waals surface area contributed by atoms with Crippen molar-refractivity contribution in [1.82, 2.24) is 9.55 Å². The number of hydrogen-bond acceptors (Lipinski definition) is 2. The molecule has 0 amide bonds. The molecule has 21 heavy (non-hydrogen) atoms. The minimum absolute atomic E-state index is 0.279. The number of imidazole rings is 1. The summed E-state index contributed by atoms with van der Waals surface area (Å²) in [6.45, 7) is 0. The first-order valence-corrected chi connectivity index (χ1v) is 9.72. The molecule has 1 aliphatic rings. The molecule has 1 aromatic heterocycles. The maximum atomic E-state index is 13.7. The Labute approximate surface area is 141 Å². The Kier molecular flexibility index (Phi) is 4.81. The van der Waals surface area contributed by atoms with Crippen LogP contribution in [-0.4, -0.2) is 21.1 Å². The molecule has 1 aromatic carbocycles. The molecule has 0 radical (unpaired) electrons. The summed E-state index contributed by atoms with van der Waals surface area (Å²) in [5.74, 6) is 0.916. The van der Waals surface area contributed by atoms with Crippen LogP contribution in [0.1, 0.15) is 37.5 Å². The molecule has 6 heteroatoms. The summed E-state index contributed by atoms with van der Waals surface area (Å²) >= 11 is 11.3. The summed E-state index contributed by atoms with van der Waals surface area (Å²) in [7, 11) is 0. The topological polar surface area (TPSA) is 17.8 Å². The number of rotatable bonds is 3. The summed E-state index contributed by atoms with van der Waals surface area (Å²) < 4.78 is 16.5. The highest BCUT2D eigenvalue weighted by atomic mass is 79.9. The molecule has 1 heterocycles. The van der Waals surface area contributed by atoms with Crippen molar-refractivity contribution in [3.05, 3.63) is 28.2 Å². The second kappa shape index (κ2) is 6.47. The zero-order valence-electron chi connectivity index (χ0n) is 11.8. The highest BCUT2D eigenvalue weighted by molar-refractivity contribution is 9.10. The van der Waals surface area contributed by atoms with Crippen LogP contribution in [0.15, 0.2) is 16.6 Å². The van der Waals surface area contributed by atoms with Crippen LogP contribution >= 0.6 is 39.3 Å². The van der Waals surface area contributed by atoms with E-state index in [4.69, 9.17) is 11.6 Å². The summed E-state index contributed by atoms with van der Waals surface area (Å²) in [4.78, 5) is 4.54. The van der Waals surface area contributed by atoms with Gasteiger partial charge in [0.15, 0.2) is 0 Å².